The minimum absolute atomic E-state index is 0.246. The first kappa shape index (κ1) is 12.3. The lowest BCUT2D eigenvalue weighted by atomic mass is 10.3. The third-order valence-electron chi connectivity index (χ3n) is 2.28. The first-order valence-corrected chi connectivity index (χ1v) is 5.67. The maximum Gasteiger partial charge on any atom is 0.131 e. The summed E-state index contributed by atoms with van der Waals surface area (Å²) in [7, 11) is 1.62. The second kappa shape index (κ2) is 5.46. The Morgan fingerprint density at radius 3 is 2.39 bits per heavy atom. The molecule has 0 saturated carbocycles. The molecule has 0 saturated heterocycles. The lowest BCUT2D eigenvalue weighted by Gasteiger charge is -2.07. The van der Waals surface area contributed by atoms with E-state index in [-0.39, 0.29) is 4.99 Å². The quantitative estimate of drug-likeness (QED) is 0.856. The molecule has 0 bridgehead atoms. The molecular formula is C13H12N2O2S. The molecule has 2 aromatic rings. The maximum absolute atomic E-state index is 5.66. The number of ether oxygens (including phenoxy) is 2. The summed E-state index contributed by atoms with van der Waals surface area (Å²) in [5.41, 5.74) is 6.05. The first-order valence-electron chi connectivity index (χ1n) is 5.27. The number of nitrogens with zero attached hydrogens (tertiary/aromatic N) is 1. The van der Waals surface area contributed by atoms with Crippen molar-refractivity contribution >= 4 is 17.2 Å². The van der Waals surface area contributed by atoms with E-state index in [9.17, 15) is 0 Å². The summed E-state index contributed by atoms with van der Waals surface area (Å²) in [6.07, 6.45) is 1.60. The lowest BCUT2D eigenvalue weighted by Crippen LogP contribution is -2.11. The van der Waals surface area contributed by atoms with Gasteiger partial charge in [-0.15, -0.1) is 0 Å². The van der Waals surface area contributed by atoms with Crippen LogP contribution in [0.25, 0.3) is 0 Å². The van der Waals surface area contributed by atoms with Crippen LogP contribution >= 0.6 is 12.2 Å². The second-order valence-electron chi connectivity index (χ2n) is 3.52. The van der Waals surface area contributed by atoms with Gasteiger partial charge >= 0.3 is 0 Å². The summed E-state index contributed by atoms with van der Waals surface area (Å²) < 4.78 is 10.7. The summed E-state index contributed by atoms with van der Waals surface area (Å²) in [6, 6.07) is 10.7. The van der Waals surface area contributed by atoms with Gasteiger partial charge in [0.2, 0.25) is 0 Å². The smallest absolute Gasteiger partial charge is 0.131 e. The number of pyridine rings is 1. The zero-order chi connectivity index (χ0) is 13.0. The van der Waals surface area contributed by atoms with Crippen molar-refractivity contribution in [1.29, 1.82) is 0 Å². The molecule has 4 nitrogen and oxygen atoms in total. The normalized spacial score (nSPS) is 9.83. The van der Waals surface area contributed by atoms with Crippen LogP contribution in [0.1, 0.15) is 5.69 Å². The van der Waals surface area contributed by atoms with E-state index in [1.165, 1.54) is 0 Å². The topological polar surface area (TPSA) is 57.4 Å². The SMILES string of the molecule is COc1ccc(Oc2ccnc(C(N)=S)c2)cc1. The van der Waals surface area contributed by atoms with Crippen LogP contribution in [0.4, 0.5) is 0 Å². The molecule has 0 fully saturated rings. The number of thiocarbonyl (C=S) groups is 1. The maximum atomic E-state index is 5.66. The van der Waals surface area contributed by atoms with E-state index in [1.807, 2.05) is 24.3 Å². The zero-order valence-corrected chi connectivity index (χ0v) is 10.6. The summed E-state index contributed by atoms with van der Waals surface area (Å²) >= 11 is 4.86. The van der Waals surface area contributed by atoms with Gasteiger partial charge in [-0.25, -0.2) is 0 Å². The van der Waals surface area contributed by atoms with Gasteiger partial charge in [0.15, 0.2) is 0 Å². The van der Waals surface area contributed by atoms with Crippen molar-refractivity contribution in [3.8, 4) is 17.2 Å². The Morgan fingerprint density at radius 2 is 1.78 bits per heavy atom. The van der Waals surface area contributed by atoms with Crippen LogP contribution < -0.4 is 15.2 Å². The number of hydrogen-bond donors (Lipinski definition) is 1. The number of hydrogen-bond acceptors (Lipinski definition) is 4. The van der Waals surface area contributed by atoms with Gasteiger partial charge in [-0.05, 0) is 30.3 Å². The van der Waals surface area contributed by atoms with Crippen LogP contribution in [-0.2, 0) is 0 Å². The summed E-state index contributed by atoms with van der Waals surface area (Å²) in [5.74, 6) is 2.12. The molecule has 5 heteroatoms. The van der Waals surface area contributed by atoms with Gasteiger partial charge in [-0.1, -0.05) is 12.2 Å². The highest BCUT2D eigenvalue weighted by atomic mass is 32.1. The highest BCUT2D eigenvalue weighted by molar-refractivity contribution is 7.80. The Morgan fingerprint density at radius 1 is 1.11 bits per heavy atom. The van der Waals surface area contributed by atoms with E-state index in [2.05, 4.69) is 4.98 Å². The van der Waals surface area contributed by atoms with Gasteiger partial charge in [0.05, 0.1) is 7.11 Å². The van der Waals surface area contributed by atoms with Crippen LogP contribution in [-0.4, -0.2) is 17.1 Å². The highest BCUT2D eigenvalue weighted by Gasteiger charge is 2.02. The number of nitrogens with two attached hydrogens (primary N) is 1. The molecule has 1 heterocycles. The fraction of sp³-hybridized carbons (Fsp3) is 0.0769. The predicted molar refractivity (Wildman–Crippen MR) is 73.2 cm³/mol. The Bertz CT molecular complexity index is 555. The van der Waals surface area contributed by atoms with Crippen molar-refractivity contribution in [2.75, 3.05) is 7.11 Å². The molecule has 0 unspecified atom stereocenters. The molecular weight excluding hydrogens is 248 g/mol. The fourth-order valence-corrected chi connectivity index (χ4v) is 1.50. The van der Waals surface area contributed by atoms with Crippen LogP contribution in [0, 0.1) is 0 Å². The lowest BCUT2D eigenvalue weighted by molar-refractivity contribution is 0.413. The van der Waals surface area contributed by atoms with Crippen LogP contribution in [0.15, 0.2) is 42.6 Å². The van der Waals surface area contributed by atoms with E-state index in [0.717, 1.165) is 5.75 Å². The number of aromatic nitrogens is 1. The zero-order valence-electron chi connectivity index (χ0n) is 9.79. The average Bonchev–Trinajstić information content (AvgIpc) is 2.40. The van der Waals surface area contributed by atoms with Gasteiger partial charge in [-0.2, -0.15) is 0 Å². The molecule has 0 aliphatic rings. The van der Waals surface area contributed by atoms with E-state index in [4.69, 9.17) is 27.4 Å². The molecule has 1 aromatic heterocycles. The van der Waals surface area contributed by atoms with Crippen molar-refractivity contribution in [1.82, 2.24) is 4.98 Å². The molecule has 0 aliphatic heterocycles. The molecule has 92 valence electrons. The Labute approximate surface area is 110 Å². The Balaban J connectivity index is 2.17. The predicted octanol–water partition coefficient (Wildman–Crippen LogP) is 2.52. The van der Waals surface area contributed by atoms with Gasteiger partial charge in [0, 0.05) is 12.3 Å². The van der Waals surface area contributed by atoms with Crippen molar-refractivity contribution in [2.45, 2.75) is 0 Å². The van der Waals surface area contributed by atoms with Crippen molar-refractivity contribution in [3.05, 3.63) is 48.3 Å². The van der Waals surface area contributed by atoms with Crippen molar-refractivity contribution < 1.29 is 9.47 Å². The number of methoxy groups -OCH3 is 1. The van der Waals surface area contributed by atoms with E-state index in [0.29, 0.717) is 17.2 Å². The average molecular weight is 260 g/mol. The van der Waals surface area contributed by atoms with Crippen LogP contribution in [0.2, 0.25) is 0 Å². The molecule has 2 rings (SSSR count). The molecule has 18 heavy (non-hydrogen) atoms. The van der Waals surface area contributed by atoms with Crippen LogP contribution in [0.5, 0.6) is 17.2 Å². The summed E-state index contributed by atoms with van der Waals surface area (Å²) in [4.78, 5) is 4.29. The number of rotatable bonds is 4. The Hall–Kier alpha value is -2.14. The minimum atomic E-state index is 0.246. The monoisotopic (exact) mass is 260 g/mol. The van der Waals surface area contributed by atoms with Gasteiger partial charge in [0.25, 0.3) is 0 Å². The summed E-state index contributed by atoms with van der Waals surface area (Å²) in [6.45, 7) is 0. The van der Waals surface area contributed by atoms with Crippen molar-refractivity contribution in [3.63, 3.8) is 0 Å². The first-order chi connectivity index (χ1) is 8.69. The van der Waals surface area contributed by atoms with E-state index < -0.39 is 0 Å². The molecule has 1 aromatic carbocycles. The number of benzene rings is 1. The molecule has 0 radical (unpaired) electrons. The van der Waals surface area contributed by atoms with E-state index >= 15 is 0 Å². The van der Waals surface area contributed by atoms with Crippen LogP contribution in [0.3, 0.4) is 0 Å². The molecule has 0 atom stereocenters. The fourth-order valence-electron chi connectivity index (χ4n) is 1.39. The van der Waals surface area contributed by atoms with Crippen molar-refractivity contribution in [2.24, 2.45) is 5.73 Å². The van der Waals surface area contributed by atoms with Gasteiger partial charge in [0.1, 0.15) is 27.9 Å². The third-order valence-corrected chi connectivity index (χ3v) is 2.49. The molecule has 0 aliphatic carbocycles. The standard InChI is InChI=1S/C13H12N2O2S/c1-16-9-2-4-10(5-3-9)17-11-6-7-15-12(8-11)13(14)18/h2-8H,1H3,(H2,14,18). The largest absolute Gasteiger partial charge is 0.497 e. The second-order valence-corrected chi connectivity index (χ2v) is 3.96. The third kappa shape index (κ3) is 2.95. The molecule has 0 amide bonds. The van der Waals surface area contributed by atoms with E-state index in [1.54, 1.807) is 25.4 Å². The molecule has 0 spiro atoms. The highest BCUT2D eigenvalue weighted by Crippen LogP contribution is 2.23. The summed E-state index contributed by atoms with van der Waals surface area (Å²) in [5, 5.41) is 0. The Kier molecular flexibility index (Phi) is 3.74. The van der Waals surface area contributed by atoms with Gasteiger partial charge in [-0.3, -0.25) is 4.98 Å². The molecule has 2 N–H and O–H groups in total. The van der Waals surface area contributed by atoms with Gasteiger partial charge < -0.3 is 15.2 Å². The minimum Gasteiger partial charge on any atom is -0.497 e.